The Morgan fingerprint density at radius 1 is 0.842 bits per heavy atom. The molecule has 0 aromatic rings. The quantitative estimate of drug-likeness (QED) is 0.403. The van der Waals surface area contributed by atoms with Crippen molar-refractivity contribution in [2.45, 2.75) is 27.2 Å². The first-order valence-electron chi connectivity index (χ1n) is 5.96. The molecule has 0 radical (unpaired) electrons. The Kier molecular flexibility index (Phi) is 7.99. The minimum Gasteiger partial charge on any atom is -0.466 e. The maximum absolute atomic E-state index is 11.7. The summed E-state index contributed by atoms with van der Waals surface area (Å²) >= 11 is 0. The van der Waals surface area contributed by atoms with Crippen molar-refractivity contribution in [1.82, 2.24) is 0 Å². The molecule has 0 amide bonds. The monoisotopic (exact) mass is 273 g/mol. The normalized spacial score (nSPS) is 11.3. The van der Waals surface area contributed by atoms with E-state index in [2.05, 4.69) is 4.74 Å². The Morgan fingerprint density at radius 2 is 1.32 bits per heavy atom. The van der Waals surface area contributed by atoms with Crippen molar-refractivity contribution >= 4 is 17.9 Å². The summed E-state index contributed by atoms with van der Waals surface area (Å²) in [5.41, 5.74) is 4.83. The first kappa shape index (κ1) is 16.9. The van der Waals surface area contributed by atoms with Gasteiger partial charge in [-0.15, -0.1) is 0 Å². The van der Waals surface area contributed by atoms with Crippen LogP contribution in [0.25, 0.3) is 0 Å². The fourth-order valence-electron chi connectivity index (χ4n) is 1.18. The number of hydrogen-bond acceptors (Lipinski definition) is 7. The Hall–Kier alpha value is -2.05. The molecule has 19 heavy (non-hydrogen) atoms. The molecule has 0 aliphatic rings. The standard InChI is InChI=1S/C12H19NO6/c1-4-17-9(14)7-8(11(15)18-5-2)10(13)12(16)19-6-3/h4-7,13H2,1-3H3/b10-8+. The highest BCUT2D eigenvalue weighted by molar-refractivity contribution is 6.02. The summed E-state index contributed by atoms with van der Waals surface area (Å²) in [5, 5.41) is 0. The summed E-state index contributed by atoms with van der Waals surface area (Å²) in [6.07, 6.45) is -0.433. The number of carbonyl (C=O) groups excluding carboxylic acids is 3. The van der Waals surface area contributed by atoms with Gasteiger partial charge in [0.1, 0.15) is 5.70 Å². The van der Waals surface area contributed by atoms with Gasteiger partial charge in [-0.05, 0) is 20.8 Å². The smallest absolute Gasteiger partial charge is 0.354 e. The number of nitrogens with two attached hydrogens (primary N) is 1. The molecular formula is C12H19NO6. The first-order valence-corrected chi connectivity index (χ1v) is 5.96. The van der Waals surface area contributed by atoms with Gasteiger partial charge in [0.05, 0.1) is 31.8 Å². The molecule has 0 saturated heterocycles. The predicted octanol–water partition coefficient (Wildman–Crippen LogP) is 0.279. The summed E-state index contributed by atoms with van der Waals surface area (Å²) in [6, 6.07) is 0. The topological polar surface area (TPSA) is 105 Å². The van der Waals surface area contributed by atoms with Crippen LogP contribution in [-0.4, -0.2) is 37.7 Å². The van der Waals surface area contributed by atoms with E-state index in [9.17, 15) is 14.4 Å². The Morgan fingerprint density at radius 3 is 1.79 bits per heavy atom. The third kappa shape index (κ3) is 5.89. The number of carbonyl (C=O) groups is 3. The second kappa shape index (κ2) is 8.96. The Balaban J connectivity index is 5.14. The highest BCUT2D eigenvalue weighted by Crippen LogP contribution is 2.11. The molecular weight excluding hydrogens is 254 g/mol. The number of esters is 3. The van der Waals surface area contributed by atoms with Crippen LogP contribution in [0.2, 0.25) is 0 Å². The van der Waals surface area contributed by atoms with Gasteiger partial charge < -0.3 is 19.9 Å². The molecule has 0 heterocycles. The van der Waals surface area contributed by atoms with E-state index in [1.807, 2.05) is 0 Å². The van der Waals surface area contributed by atoms with Crippen LogP contribution < -0.4 is 5.73 Å². The first-order chi connectivity index (χ1) is 8.97. The van der Waals surface area contributed by atoms with E-state index < -0.39 is 30.0 Å². The van der Waals surface area contributed by atoms with Gasteiger partial charge in [-0.2, -0.15) is 0 Å². The SMILES string of the molecule is CCOC(=O)C/C(C(=O)OCC)=C(\N)C(=O)OCC. The molecule has 0 saturated carbocycles. The molecule has 7 nitrogen and oxygen atoms in total. The third-order valence-electron chi connectivity index (χ3n) is 1.97. The molecule has 0 spiro atoms. The zero-order valence-corrected chi connectivity index (χ0v) is 11.4. The molecule has 7 heteroatoms. The lowest BCUT2D eigenvalue weighted by Crippen LogP contribution is -2.24. The van der Waals surface area contributed by atoms with Gasteiger partial charge in [-0.1, -0.05) is 0 Å². The van der Waals surface area contributed by atoms with Crippen LogP contribution in [0.5, 0.6) is 0 Å². The number of ether oxygens (including phenoxy) is 3. The van der Waals surface area contributed by atoms with Crippen LogP contribution in [-0.2, 0) is 28.6 Å². The summed E-state index contributed by atoms with van der Waals surface area (Å²) in [6.45, 7) is 5.19. The average molecular weight is 273 g/mol. The molecule has 2 N–H and O–H groups in total. The minimum atomic E-state index is -0.866. The van der Waals surface area contributed by atoms with Gasteiger partial charge in [-0.3, -0.25) is 4.79 Å². The van der Waals surface area contributed by atoms with Crippen LogP contribution >= 0.6 is 0 Å². The van der Waals surface area contributed by atoms with E-state index in [0.29, 0.717) is 0 Å². The summed E-state index contributed by atoms with van der Waals surface area (Å²) in [4.78, 5) is 34.5. The largest absolute Gasteiger partial charge is 0.466 e. The lowest BCUT2D eigenvalue weighted by Gasteiger charge is -2.10. The van der Waals surface area contributed by atoms with Crippen LogP contribution in [0.15, 0.2) is 11.3 Å². The van der Waals surface area contributed by atoms with E-state index in [1.165, 1.54) is 0 Å². The summed E-state index contributed by atoms with van der Waals surface area (Å²) in [7, 11) is 0. The molecule has 0 unspecified atom stereocenters. The van der Waals surface area contributed by atoms with Crippen molar-refractivity contribution < 1.29 is 28.6 Å². The van der Waals surface area contributed by atoms with Gasteiger partial charge in [0, 0.05) is 0 Å². The van der Waals surface area contributed by atoms with E-state index in [-0.39, 0.29) is 25.4 Å². The van der Waals surface area contributed by atoms with Crippen molar-refractivity contribution in [3.63, 3.8) is 0 Å². The van der Waals surface area contributed by atoms with Crippen LogP contribution in [0, 0.1) is 0 Å². The molecule has 0 atom stereocenters. The zero-order chi connectivity index (χ0) is 14.8. The van der Waals surface area contributed by atoms with Crippen molar-refractivity contribution in [3.8, 4) is 0 Å². The van der Waals surface area contributed by atoms with E-state index >= 15 is 0 Å². The van der Waals surface area contributed by atoms with Crippen molar-refractivity contribution in [2.75, 3.05) is 19.8 Å². The molecule has 0 fully saturated rings. The fourth-order valence-corrected chi connectivity index (χ4v) is 1.18. The van der Waals surface area contributed by atoms with E-state index in [0.717, 1.165) is 0 Å². The van der Waals surface area contributed by atoms with Gasteiger partial charge in [0.15, 0.2) is 0 Å². The number of hydrogen-bond donors (Lipinski definition) is 1. The summed E-state index contributed by atoms with van der Waals surface area (Å²) in [5.74, 6) is -2.37. The van der Waals surface area contributed by atoms with Crippen LogP contribution in [0.3, 0.4) is 0 Å². The highest BCUT2D eigenvalue weighted by atomic mass is 16.5. The summed E-state index contributed by atoms with van der Waals surface area (Å²) < 4.78 is 14.1. The van der Waals surface area contributed by atoms with Crippen molar-refractivity contribution in [3.05, 3.63) is 11.3 Å². The molecule has 0 rings (SSSR count). The molecule has 0 aromatic carbocycles. The lowest BCUT2D eigenvalue weighted by molar-refractivity contribution is -0.146. The van der Waals surface area contributed by atoms with Gasteiger partial charge in [0.2, 0.25) is 0 Å². The van der Waals surface area contributed by atoms with E-state index in [1.54, 1.807) is 20.8 Å². The van der Waals surface area contributed by atoms with Crippen molar-refractivity contribution in [1.29, 1.82) is 0 Å². The van der Waals surface area contributed by atoms with Gasteiger partial charge >= 0.3 is 17.9 Å². The number of rotatable bonds is 7. The maximum atomic E-state index is 11.7. The zero-order valence-electron chi connectivity index (χ0n) is 11.4. The lowest BCUT2D eigenvalue weighted by atomic mass is 10.1. The van der Waals surface area contributed by atoms with Gasteiger partial charge in [-0.25, -0.2) is 9.59 Å². The fraction of sp³-hybridized carbons (Fsp3) is 0.583. The molecule has 108 valence electrons. The van der Waals surface area contributed by atoms with Gasteiger partial charge in [0.25, 0.3) is 0 Å². The van der Waals surface area contributed by atoms with Crippen molar-refractivity contribution in [2.24, 2.45) is 5.73 Å². The molecule has 0 aromatic heterocycles. The average Bonchev–Trinajstić information content (AvgIpc) is 2.36. The second-order valence-electron chi connectivity index (χ2n) is 3.31. The maximum Gasteiger partial charge on any atom is 0.354 e. The predicted molar refractivity (Wildman–Crippen MR) is 65.7 cm³/mol. The van der Waals surface area contributed by atoms with Crippen LogP contribution in [0.1, 0.15) is 27.2 Å². The third-order valence-corrected chi connectivity index (χ3v) is 1.97. The molecule has 0 aliphatic heterocycles. The second-order valence-corrected chi connectivity index (χ2v) is 3.31. The highest BCUT2D eigenvalue weighted by Gasteiger charge is 2.23. The minimum absolute atomic E-state index is 0.0985. The Labute approximate surface area is 111 Å². The molecule has 0 aliphatic carbocycles. The Bertz CT molecular complexity index is 374. The molecule has 0 bridgehead atoms. The van der Waals surface area contributed by atoms with Crippen LogP contribution in [0.4, 0.5) is 0 Å². The van der Waals surface area contributed by atoms with E-state index in [4.69, 9.17) is 15.2 Å².